The van der Waals surface area contributed by atoms with Crippen LogP contribution in [0.1, 0.15) is 22.6 Å². The Bertz CT molecular complexity index is 1950. The van der Waals surface area contributed by atoms with Gasteiger partial charge in [-0.2, -0.15) is 0 Å². The molecule has 0 N–H and O–H groups in total. The van der Waals surface area contributed by atoms with Crippen molar-refractivity contribution in [2.45, 2.75) is 5.92 Å². The van der Waals surface area contributed by atoms with Gasteiger partial charge < -0.3 is 13.9 Å². The van der Waals surface area contributed by atoms with Gasteiger partial charge in [0.05, 0.1) is 35.1 Å². The first-order chi connectivity index (χ1) is 18.5. The molecular formula is C28H16ClFN4O4. The Morgan fingerprint density at radius 3 is 2.68 bits per heavy atom. The van der Waals surface area contributed by atoms with E-state index in [-0.39, 0.29) is 11.4 Å². The Labute approximate surface area is 218 Å². The summed E-state index contributed by atoms with van der Waals surface area (Å²) in [4.78, 5) is 22.7. The van der Waals surface area contributed by atoms with Gasteiger partial charge in [-0.15, -0.1) is 5.10 Å². The Balaban J connectivity index is 1.54. The van der Waals surface area contributed by atoms with E-state index in [0.717, 1.165) is 0 Å². The van der Waals surface area contributed by atoms with Crippen molar-refractivity contribution in [2.75, 3.05) is 7.11 Å². The van der Waals surface area contributed by atoms with Gasteiger partial charge in [0, 0.05) is 5.02 Å². The van der Waals surface area contributed by atoms with E-state index in [1.807, 2.05) is 12.1 Å². The number of fused-ring (bicyclic) bond motifs is 6. The summed E-state index contributed by atoms with van der Waals surface area (Å²) in [5, 5.41) is 5.71. The number of para-hydroxylation sites is 1. The molecule has 1 unspecified atom stereocenters. The summed E-state index contributed by atoms with van der Waals surface area (Å²) in [6.45, 7) is 0. The molecule has 10 heteroatoms. The van der Waals surface area contributed by atoms with E-state index >= 15 is 0 Å². The highest BCUT2D eigenvalue weighted by molar-refractivity contribution is 6.30. The third kappa shape index (κ3) is 3.36. The minimum Gasteiger partial charge on any atom is -0.496 e. The second-order valence-electron chi connectivity index (χ2n) is 8.73. The summed E-state index contributed by atoms with van der Waals surface area (Å²) >= 11 is 6.25. The van der Waals surface area contributed by atoms with Gasteiger partial charge in [-0.25, -0.2) is 23.7 Å². The molecular weight excluding hydrogens is 511 g/mol. The van der Waals surface area contributed by atoms with Gasteiger partial charge in [-0.3, -0.25) is 0 Å². The quantitative estimate of drug-likeness (QED) is 0.261. The zero-order valence-corrected chi connectivity index (χ0v) is 20.4. The van der Waals surface area contributed by atoms with Crippen LogP contribution in [0, 0.1) is 5.82 Å². The third-order valence-corrected chi connectivity index (χ3v) is 6.80. The Morgan fingerprint density at radius 1 is 1.05 bits per heavy atom. The van der Waals surface area contributed by atoms with Crippen molar-refractivity contribution in [1.82, 2.24) is 19.6 Å². The molecule has 0 spiro atoms. The van der Waals surface area contributed by atoms with E-state index in [2.05, 4.69) is 10.1 Å². The van der Waals surface area contributed by atoms with Crippen molar-refractivity contribution in [2.24, 2.45) is 0 Å². The molecule has 6 aromatic rings. The second kappa shape index (κ2) is 8.39. The highest BCUT2D eigenvalue weighted by Gasteiger charge is 2.37. The lowest BCUT2D eigenvalue weighted by atomic mass is 9.84. The number of ether oxygens (including phenoxy) is 2. The number of nitrogens with zero attached hydrogens (tertiary/aromatic N) is 4. The fourth-order valence-electron chi connectivity index (χ4n) is 4.89. The normalized spacial score (nSPS) is 14.2. The maximum absolute atomic E-state index is 13.9. The molecule has 186 valence electrons. The molecule has 0 fully saturated rings. The number of methoxy groups -OCH3 is 1. The summed E-state index contributed by atoms with van der Waals surface area (Å²) in [5.74, 6) is 0.356. The van der Waals surface area contributed by atoms with Crippen LogP contribution in [-0.4, -0.2) is 26.7 Å². The number of hydrogen-bond donors (Lipinski definition) is 0. The van der Waals surface area contributed by atoms with Crippen LogP contribution in [-0.2, 0) is 0 Å². The van der Waals surface area contributed by atoms with E-state index in [1.54, 1.807) is 49.6 Å². The molecule has 8 nitrogen and oxygen atoms in total. The minimum absolute atomic E-state index is 0.257. The Morgan fingerprint density at radius 2 is 1.87 bits per heavy atom. The van der Waals surface area contributed by atoms with Gasteiger partial charge in [0.15, 0.2) is 17.2 Å². The highest BCUT2D eigenvalue weighted by atomic mass is 35.5. The van der Waals surface area contributed by atoms with E-state index in [0.29, 0.717) is 55.7 Å². The van der Waals surface area contributed by atoms with Gasteiger partial charge in [0.2, 0.25) is 5.88 Å². The zero-order valence-electron chi connectivity index (χ0n) is 19.7. The SMILES string of the molecule is COc1ccc(Cl)cc1-c1nc2c3c(ncn2n1)Oc1c(c(=O)oc2ccccc12)C3c1ccc(F)cc1. The van der Waals surface area contributed by atoms with Crippen LogP contribution >= 0.6 is 11.6 Å². The summed E-state index contributed by atoms with van der Waals surface area (Å²) in [6.07, 6.45) is 1.49. The van der Waals surface area contributed by atoms with Crippen molar-refractivity contribution in [3.8, 4) is 28.8 Å². The van der Waals surface area contributed by atoms with E-state index in [4.69, 9.17) is 30.5 Å². The number of halogens is 2. The number of rotatable bonds is 3. The monoisotopic (exact) mass is 526 g/mol. The number of aromatic nitrogens is 4. The first-order valence-electron chi connectivity index (χ1n) is 11.6. The maximum Gasteiger partial charge on any atom is 0.344 e. The summed E-state index contributed by atoms with van der Waals surface area (Å²) < 4.78 is 32.8. The Kier molecular flexibility index (Phi) is 4.95. The van der Waals surface area contributed by atoms with Crippen LogP contribution < -0.4 is 15.1 Å². The predicted octanol–water partition coefficient (Wildman–Crippen LogP) is 5.98. The van der Waals surface area contributed by atoms with E-state index < -0.39 is 17.4 Å². The Hall–Kier alpha value is -4.76. The number of benzene rings is 3. The molecule has 0 radical (unpaired) electrons. The average molecular weight is 527 g/mol. The molecule has 1 aliphatic heterocycles. The molecule has 38 heavy (non-hydrogen) atoms. The molecule has 3 aromatic carbocycles. The van der Waals surface area contributed by atoms with E-state index in [1.165, 1.54) is 23.0 Å². The lowest BCUT2D eigenvalue weighted by molar-refractivity contribution is 0.416. The van der Waals surface area contributed by atoms with Crippen molar-refractivity contribution in [3.63, 3.8) is 0 Å². The molecule has 4 heterocycles. The maximum atomic E-state index is 13.9. The van der Waals surface area contributed by atoms with E-state index in [9.17, 15) is 9.18 Å². The standard InChI is InChI=1S/C28H16ClFN4O4/c1-36-19-11-8-15(29)12-18(19)25-32-26-23-21(14-6-9-16(30)10-7-14)22-24(38-27(23)31-13-34(26)33-25)17-4-2-3-5-20(17)37-28(22)35/h2-13,21H,1H3. The molecule has 7 rings (SSSR count). The molecule has 0 amide bonds. The predicted molar refractivity (Wildman–Crippen MR) is 138 cm³/mol. The van der Waals surface area contributed by atoms with Crippen LogP contribution in [0.3, 0.4) is 0 Å². The second-order valence-corrected chi connectivity index (χ2v) is 9.16. The molecule has 0 saturated heterocycles. The summed E-state index contributed by atoms with van der Waals surface area (Å²) in [7, 11) is 1.55. The molecule has 1 atom stereocenters. The lowest BCUT2D eigenvalue weighted by Gasteiger charge is -2.27. The van der Waals surface area contributed by atoms with Crippen molar-refractivity contribution in [3.05, 3.63) is 111 Å². The molecule has 0 bridgehead atoms. The van der Waals surface area contributed by atoms with Crippen LogP contribution in [0.4, 0.5) is 4.39 Å². The smallest absolute Gasteiger partial charge is 0.344 e. The van der Waals surface area contributed by atoms with Crippen molar-refractivity contribution in [1.29, 1.82) is 0 Å². The van der Waals surface area contributed by atoms with Gasteiger partial charge in [-0.05, 0) is 48.0 Å². The first kappa shape index (κ1) is 22.4. The van der Waals surface area contributed by atoms with Crippen LogP contribution in [0.5, 0.6) is 17.4 Å². The lowest BCUT2D eigenvalue weighted by Crippen LogP contribution is -2.22. The fraction of sp³-hybridized carbons (Fsp3) is 0.0714. The fourth-order valence-corrected chi connectivity index (χ4v) is 5.06. The van der Waals surface area contributed by atoms with Crippen LogP contribution in [0.2, 0.25) is 5.02 Å². The van der Waals surface area contributed by atoms with Gasteiger partial charge in [-0.1, -0.05) is 35.9 Å². The highest BCUT2D eigenvalue weighted by Crippen LogP contribution is 2.49. The molecule has 1 aliphatic rings. The zero-order chi connectivity index (χ0) is 26.0. The summed E-state index contributed by atoms with van der Waals surface area (Å²) in [5.41, 5.74) is 2.20. The minimum atomic E-state index is -0.718. The van der Waals surface area contributed by atoms with Crippen LogP contribution in [0.15, 0.2) is 82.3 Å². The van der Waals surface area contributed by atoms with Gasteiger partial charge in [0.1, 0.15) is 23.5 Å². The number of hydrogen-bond acceptors (Lipinski definition) is 7. The van der Waals surface area contributed by atoms with Gasteiger partial charge >= 0.3 is 5.63 Å². The molecule has 3 aromatic heterocycles. The van der Waals surface area contributed by atoms with Crippen molar-refractivity contribution < 1.29 is 18.3 Å². The summed E-state index contributed by atoms with van der Waals surface area (Å²) in [6, 6.07) is 18.2. The topological polar surface area (TPSA) is 91.8 Å². The van der Waals surface area contributed by atoms with Crippen LogP contribution in [0.25, 0.3) is 28.0 Å². The van der Waals surface area contributed by atoms with Gasteiger partial charge in [0.25, 0.3) is 0 Å². The molecule has 0 saturated carbocycles. The third-order valence-electron chi connectivity index (χ3n) is 6.57. The molecule has 0 aliphatic carbocycles. The average Bonchev–Trinajstić information content (AvgIpc) is 3.37. The van der Waals surface area contributed by atoms with Crippen molar-refractivity contribution >= 4 is 28.2 Å². The largest absolute Gasteiger partial charge is 0.496 e. The first-order valence-corrected chi connectivity index (χ1v) is 12.0.